The zero-order valence-corrected chi connectivity index (χ0v) is 12.4. The Kier molecular flexibility index (Phi) is 5.26. The average molecular weight is 335 g/mol. The summed E-state index contributed by atoms with van der Waals surface area (Å²) in [6.07, 6.45) is 3.70. The molecule has 0 unspecified atom stereocenters. The summed E-state index contributed by atoms with van der Waals surface area (Å²) in [6, 6.07) is 11.1. The van der Waals surface area contributed by atoms with Crippen LogP contribution in [0, 0.1) is 0 Å². The molecule has 0 radical (unpaired) electrons. The first-order chi connectivity index (χ1) is 9.69. The van der Waals surface area contributed by atoms with Gasteiger partial charge in [0.05, 0.1) is 18.2 Å². The third-order valence-electron chi connectivity index (χ3n) is 2.85. The molecule has 1 heterocycles. The first-order valence-electron chi connectivity index (χ1n) is 6.25. The molecule has 4 nitrogen and oxygen atoms in total. The number of halogens is 1. The van der Waals surface area contributed by atoms with Crippen molar-refractivity contribution in [2.24, 2.45) is 0 Å². The summed E-state index contributed by atoms with van der Waals surface area (Å²) in [5.41, 5.74) is 1.53. The predicted octanol–water partition coefficient (Wildman–Crippen LogP) is 2.18. The summed E-state index contributed by atoms with van der Waals surface area (Å²) >= 11 is 3.28. The second kappa shape index (κ2) is 7.17. The summed E-state index contributed by atoms with van der Waals surface area (Å²) in [4.78, 5) is 16.0. The van der Waals surface area contributed by atoms with Gasteiger partial charge in [0.2, 0.25) is 0 Å². The van der Waals surface area contributed by atoms with Crippen molar-refractivity contribution in [2.45, 2.75) is 12.5 Å². The standard InChI is InChI=1S/C15H15BrN2O2/c16-13-7-12(8-17-9-13)15(20)18-14(10-19)6-11-4-2-1-3-5-11/h1-5,7-9,14,19H,6,10H2,(H,18,20)/t14-/m0/s1. The normalized spacial score (nSPS) is 11.9. The molecule has 2 aromatic rings. The van der Waals surface area contributed by atoms with E-state index in [0.29, 0.717) is 12.0 Å². The minimum absolute atomic E-state index is 0.109. The number of hydrogen-bond acceptors (Lipinski definition) is 3. The third-order valence-corrected chi connectivity index (χ3v) is 3.28. The van der Waals surface area contributed by atoms with Gasteiger partial charge in [0.25, 0.3) is 5.91 Å². The van der Waals surface area contributed by atoms with Crippen LogP contribution in [-0.2, 0) is 6.42 Å². The van der Waals surface area contributed by atoms with E-state index in [-0.39, 0.29) is 18.6 Å². The van der Waals surface area contributed by atoms with E-state index in [4.69, 9.17) is 0 Å². The SMILES string of the molecule is O=C(N[C@H](CO)Cc1ccccc1)c1cncc(Br)c1. The van der Waals surface area contributed by atoms with E-state index in [1.807, 2.05) is 30.3 Å². The smallest absolute Gasteiger partial charge is 0.253 e. The number of nitrogens with zero attached hydrogens (tertiary/aromatic N) is 1. The minimum atomic E-state index is -0.316. The van der Waals surface area contributed by atoms with Crippen LogP contribution in [0.3, 0.4) is 0 Å². The Morgan fingerprint density at radius 1 is 1.30 bits per heavy atom. The van der Waals surface area contributed by atoms with Crippen molar-refractivity contribution in [3.63, 3.8) is 0 Å². The molecule has 0 fully saturated rings. The minimum Gasteiger partial charge on any atom is -0.394 e. The van der Waals surface area contributed by atoms with E-state index in [9.17, 15) is 9.90 Å². The zero-order valence-electron chi connectivity index (χ0n) is 10.8. The van der Waals surface area contributed by atoms with Crippen molar-refractivity contribution < 1.29 is 9.90 Å². The van der Waals surface area contributed by atoms with Gasteiger partial charge in [-0.3, -0.25) is 9.78 Å². The molecule has 2 rings (SSSR count). The number of aromatic nitrogens is 1. The maximum absolute atomic E-state index is 12.1. The number of amides is 1. The van der Waals surface area contributed by atoms with Gasteiger partial charge in [-0.1, -0.05) is 30.3 Å². The number of carbonyl (C=O) groups excluding carboxylic acids is 1. The fourth-order valence-corrected chi connectivity index (χ4v) is 2.23. The van der Waals surface area contributed by atoms with Gasteiger partial charge in [0.15, 0.2) is 0 Å². The molecule has 0 aliphatic rings. The van der Waals surface area contributed by atoms with Gasteiger partial charge in [-0.25, -0.2) is 0 Å². The molecule has 20 heavy (non-hydrogen) atoms. The Balaban J connectivity index is 2.01. The molecule has 0 bridgehead atoms. The van der Waals surface area contributed by atoms with Gasteiger partial charge < -0.3 is 10.4 Å². The lowest BCUT2D eigenvalue weighted by Gasteiger charge is -2.16. The fourth-order valence-electron chi connectivity index (χ4n) is 1.86. The number of hydrogen-bond donors (Lipinski definition) is 2. The van der Waals surface area contributed by atoms with Crippen LogP contribution in [-0.4, -0.2) is 28.6 Å². The van der Waals surface area contributed by atoms with E-state index >= 15 is 0 Å². The summed E-state index contributed by atoms with van der Waals surface area (Å²) in [6.45, 7) is -0.109. The van der Waals surface area contributed by atoms with Gasteiger partial charge in [0.1, 0.15) is 0 Å². The van der Waals surface area contributed by atoms with Gasteiger partial charge >= 0.3 is 0 Å². The Bertz CT molecular complexity index is 575. The molecule has 104 valence electrons. The highest BCUT2D eigenvalue weighted by Crippen LogP contribution is 2.10. The molecule has 1 aromatic carbocycles. The first-order valence-corrected chi connectivity index (χ1v) is 7.04. The molecule has 0 aliphatic carbocycles. The van der Waals surface area contributed by atoms with E-state index in [1.165, 1.54) is 6.20 Å². The van der Waals surface area contributed by atoms with E-state index in [0.717, 1.165) is 10.0 Å². The van der Waals surface area contributed by atoms with E-state index in [1.54, 1.807) is 12.3 Å². The Morgan fingerprint density at radius 3 is 2.70 bits per heavy atom. The number of carbonyl (C=O) groups is 1. The maximum atomic E-state index is 12.1. The quantitative estimate of drug-likeness (QED) is 0.880. The average Bonchev–Trinajstić information content (AvgIpc) is 2.47. The van der Waals surface area contributed by atoms with Gasteiger partial charge in [-0.2, -0.15) is 0 Å². The molecular weight excluding hydrogens is 320 g/mol. The van der Waals surface area contributed by atoms with Gasteiger partial charge in [-0.05, 0) is 34.0 Å². The number of aliphatic hydroxyl groups is 1. The monoisotopic (exact) mass is 334 g/mol. The molecule has 0 saturated heterocycles. The van der Waals surface area contributed by atoms with Gasteiger partial charge in [-0.15, -0.1) is 0 Å². The van der Waals surface area contributed by atoms with Crippen LogP contribution in [0.4, 0.5) is 0 Å². The van der Waals surface area contributed by atoms with Crippen molar-refractivity contribution in [3.05, 3.63) is 64.4 Å². The molecule has 1 aromatic heterocycles. The second-order valence-corrected chi connectivity index (χ2v) is 5.35. The number of aliphatic hydroxyl groups excluding tert-OH is 1. The predicted molar refractivity (Wildman–Crippen MR) is 80.4 cm³/mol. The highest BCUT2D eigenvalue weighted by Gasteiger charge is 2.14. The molecule has 2 N–H and O–H groups in total. The van der Waals surface area contributed by atoms with Crippen LogP contribution in [0.2, 0.25) is 0 Å². The number of rotatable bonds is 5. The Morgan fingerprint density at radius 2 is 2.05 bits per heavy atom. The van der Waals surface area contributed by atoms with Crippen molar-refractivity contribution in [2.75, 3.05) is 6.61 Å². The third kappa shape index (κ3) is 4.15. The zero-order chi connectivity index (χ0) is 14.4. The lowest BCUT2D eigenvalue weighted by molar-refractivity contribution is 0.0916. The number of pyridine rings is 1. The van der Waals surface area contributed by atoms with E-state index in [2.05, 4.69) is 26.2 Å². The molecule has 0 saturated carbocycles. The molecule has 0 spiro atoms. The van der Waals surface area contributed by atoms with Crippen molar-refractivity contribution in [1.82, 2.24) is 10.3 Å². The Hall–Kier alpha value is -1.72. The maximum Gasteiger partial charge on any atom is 0.253 e. The topological polar surface area (TPSA) is 62.2 Å². The van der Waals surface area contributed by atoms with Crippen molar-refractivity contribution in [1.29, 1.82) is 0 Å². The first kappa shape index (κ1) is 14.7. The molecular formula is C15H15BrN2O2. The van der Waals surface area contributed by atoms with Crippen molar-refractivity contribution in [3.8, 4) is 0 Å². The van der Waals surface area contributed by atoms with Crippen LogP contribution in [0.25, 0.3) is 0 Å². The molecule has 0 aliphatic heterocycles. The highest BCUT2D eigenvalue weighted by molar-refractivity contribution is 9.10. The van der Waals surface area contributed by atoms with Crippen LogP contribution in [0.1, 0.15) is 15.9 Å². The highest BCUT2D eigenvalue weighted by atomic mass is 79.9. The van der Waals surface area contributed by atoms with E-state index < -0.39 is 0 Å². The molecule has 5 heteroatoms. The van der Waals surface area contributed by atoms with Crippen LogP contribution in [0.5, 0.6) is 0 Å². The van der Waals surface area contributed by atoms with Crippen molar-refractivity contribution >= 4 is 21.8 Å². The van der Waals surface area contributed by atoms with Crippen LogP contribution < -0.4 is 5.32 Å². The summed E-state index contributed by atoms with van der Waals surface area (Å²) in [5, 5.41) is 12.2. The summed E-state index contributed by atoms with van der Waals surface area (Å²) < 4.78 is 0.744. The summed E-state index contributed by atoms with van der Waals surface area (Å²) in [5.74, 6) is -0.242. The molecule has 1 atom stereocenters. The van der Waals surface area contributed by atoms with Crippen LogP contribution >= 0.6 is 15.9 Å². The summed E-state index contributed by atoms with van der Waals surface area (Å²) in [7, 11) is 0. The molecule has 1 amide bonds. The van der Waals surface area contributed by atoms with Crippen LogP contribution in [0.15, 0.2) is 53.3 Å². The second-order valence-electron chi connectivity index (χ2n) is 4.43. The fraction of sp³-hybridized carbons (Fsp3) is 0.200. The Labute approximate surface area is 126 Å². The number of benzene rings is 1. The lowest BCUT2D eigenvalue weighted by Crippen LogP contribution is -2.39. The number of nitrogens with one attached hydrogen (secondary N) is 1. The lowest BCUT2D eigenvalue weighted by atomic mass is 10.1. The largest absolute Gasteiger partial charge is 0.394 e. The van der Waals surface area contributed by atoms with Gasteiger partial charge in [0, 0.05) is 16.9 Å².